The van der Waals surface area contributed by atoms with E-state index in [2.05, 4.69) is 9.72 Å². The van der Waals surface area contributed by atoms with Gasteiger partial charge in [0.05, 0.1) is 20.3 Å². The Balaban J connectivity index is 2.36. The Morgan fingerprint density at radius 1 is 1.21 bits per heavy atom. The van der Waals surface area contributed by atoms with E-state index in [1.807, 2.05) is 18.2 Å². The van der Waals surface area contributed by atoms with E-state index in [1.165, 1.54) is 7.11 Å². The Morgan fingerprint density at radius 3 is 2.67 bits per heavy atom. The molecule has 0 fully saturated rings. The first-order valence-corrected chi connectivity index (χ1v) is 7.97. The predicted molar refractivity (Wildman–Crippen MR) is 89.9 cm³/mol. The van der Waals surface area contributed by atoms with Crippen molar-refractivity contribution in [3.63, 3.8) is 0 Å². The minimum atomic E-state index is -0.380. The van der Waals surface area contributed by atoms with Crippen LogP contribution in [0.25, 0.3) is 10.9 Å². The highest BCUT2D eigenvalue weighted by molar-refractivity contribution is 5.98. The van der Waals surface area contributed by atoms with Crippen molar-refractivity contribution in [2.75, 3.05) is 20.8 Å². The van der Waals surface area contributed by atoms with E-state index in [0.29, 0.717) is 38.2 Å². The second-order valence-corrected chi connectivity index (χ2v) is 5.44. The van der Waals surface area contributed by atoms with Crippen LogP contribution in [0.15, 0.2) is 18.2 Å². The average Bonchev–Trinajstić information content (AvgIpc) is 2.93. The number of methoxy groups -OCH3 is 2. The molecule has 0 atom stereocenters. The molecule has 0 spiro atoms. The lowest BCUT2D eigenvalue weighted by Crippen LogP contribution is -2.08. The van der Waals surface area contributed by atoms with Gasteiger partial charge in [-0.25, -0.2) is 4.79 Å². The van der Waals surface area contributed by atoms with Crippen LogP contribution in [-0.4, -0.2) is 37.7 Å². The van der Waals surface area contributed by atoms with Gasteiger partial charge in [0.25, 0.3) is 0 Å². The number of aromatic amines is 1. The van der Waals surface area contributed by atoms with Gasteiger partial charge in [-0.2, -0.15) is 0 Å². The molecule has 0 aliphatic rings. The highest BCUT2D eigenvalue weighted by Crippen LogP contribution is 2.26. The fourth-order valence-corrected chi connectivity index (χ4v) is 2.70. The normalized spacial score (nSPS) is 10.8. The van der Waals surface area contributed by atoms with E-state index < -0.39 is 0 Å². The molecule has 6 heteroatoms. The van der Waals surface area contributed by atoms with Gasteiger partial charge in [0.1, 0.15) is 5.69 Å². The van der Waals surface area contributed by atoms with Gasteiger partial charge in [0, 0.05) is 24.4 Å². The largest absolute Gasteiger partial charge is 0.469 e. The molecule has 2 aromatic rings. The molecule has 0 saturated heterocycles. The first kappa shape index (κ1) is 18.0. The van der Waals surface area contributed by atoms with Crippen LogP contribution in [0.2, 0.25) is 0 Å². The number of aryl methyl sites for hydroxylation is 1. The first-order valence-electron chi connectivity index (χ1n) is 7.97. The molecule has 1 N–H and O–H groups in total. The van der Waals surface area contributed by atoms with Crippen molar-refractivity contribution in [2.45, 2.75) is 32.8 Å². The summed E-state index contributed by atoms with van der Waals surface area (Å²) >= 11 is 0. The Hall–Kier alpha value is -2.34. The Kier molecular flexibility index (Phi) is 6.37. The quantitative estimate of drug-likeness (QED) is 0.752. The molecule has 0 aliphatic heterocycles. The van der Waals surface area contributed by atoms with Crippen molar-refractivity contribution in [2.24, 2.45) is 0 Å². The summed E-state index contributed by atoms with van der Waals surface area (Å²) in [5, 5.41) is 0.956. The van der Waals surface area contributed by atoms with Gasteiger partial charge in [-0.15, -0.1) is 0 Å². The lowest BCUT2D eigenvalue weighted by Gasteiger charge is -2.05. The van der Waals surface area contributed by atoms with Gasteiger partial charge in [-0.3, -0.25) is 4.79 Å². The summed E-state index contributed by atoms with van der Waals surface area (Å²) < 4.78 is 15.0. The third-order valence-electron chi connectivity index (χ3n) is 3.80. The van der Waals surface area contributed by atoms with Crippen molar-refractivity contribution < 1.29 is 23.8 Å². The molecule has 0 radical (unpaired) electrons. The van der Waals surface area contributed by atoms with Crippen LogP contribution in [0.3, 0.4) is 0 Å². The zero-order valence-corrected chi connectivity index (χ0v) is 14.3. The predicted octanol–water partition coefficient (Wildman–Crippen LogP) is 2.99. The first-order chi connectivity index (χ1) is 11.6. The molecule has 1 heterocycles. The van der Waals surface area contributed by atoms with Crippen LogP contribution in [0.5, 0.6) is 0 Å². The topological polar surface area (TPSA) is 77.6 Å². The molecular formula is C18H23NO5. The fraction of sp³-hybridized carbons (Fsp3) is 0.444. The Morgan fingerprint density at radius 2 is 2.00 bits per heavy atom. The fourth-order valence-electron chi connectivity index (χ4n) is 2.70. The Bertz CT molecular complexity index is 720. The second kappa shape index (κ2) is 8.49. The standard InChI is InChI=1S/C18H23NO5/c1-4-24-18(21)17-13(6-5-7-16(20)23-3)14-10-12(11-22-2)8-9-15(14)19-17/h8-10,19H,4-7,11H2,1-3H3. The molecule has 24 heavy (non-hydrogen) atoms. The van der Waals surface area contributed by atoms with Crippen LogP contribution in [0.4, 0.5) is 0 Å². The minimum absolute atomic E-state index is 0.257. The molecule has 0 bridgehead atoms. The van der Waals surface area contributed by atoms with Crippen LogP contribution in [0, 0.1) is 0 Å². The molecule has 6 nitrogen and oxygen atoms in total. The minimum Gasteiger partial charge on any atom is -0.469 e. The summed E-state index contributed by atoms with van der Waals surface area (Å²) in [5.74, 6) is -0.636. The molecule has 0 aliphatic carbocycles. The monoisotopic (exact) mass is 333 g/mol. The van der Waals surface area contributed by atoms with E-state index in [9.17, 15) is 9.59 Å². The number of benzene rings is 1. The maximum Gasteiger partial charge on any atom is 0.355 e. The van der Waals surface area contributed by atoms with E-state index in [4.69, 9.17) is 9.47 Å². The number of rotatable bonds is 8. The van der Waals surface area contributed by atoms with Gasteiger partial charge in [-0.05, 0) is 43.0 Å². The SMILES string of the molecule is CCOC(=O)c1[nH]c2ccc(COC)cc2c1CCCC(=O)OC. The van der Waals surface area contributed by atoms with Gasteiger partial charge in [0.2, 0.25) is 0 Å². The molecule has 0 saturated carbocycles. The molecule has 2 rings (SSSR count). The zero-order chi connectivity index (χ0) is 17.5. The van der Waals surface area contributed by atoms with E-state index in [0.717, 1.165) is 22.0 Å². The number of hydrogen-bond donors (Lipinski definition) is 1. The summed E-state index contributed by atoms with van der Waals surface area (Å²) in [4.78, 5) is 26.7. The highest BCUT2D eigenvalue weighted by Gasteiger charge is 2.19. The van der Waals surface area contributed by atoms with Crippen molar-refractivity contribution >= 4 is 22.8 Å². The maximum absolute atomic E-state index is 12.2. The Labute approximate surface area is 141 Å². The third-order valence-corrected chi connectivity index (χ3v) is 3.80. The molecular weight excluding hydrogens is 310 g/mol. The highest BCUT2D eigenvalue weighted by atomic mass is 16.5. The molecule has 130 valence electrons. The smallest absolute Gasteiger partial charge is 0.355 e. The number of esters is 2. The number of hydrogen-bond acceptors (Lipinski definition) is 5. The van der Waals surface area contributed by atoms with Crippen LogP contribution in [0.1, 0.15) is 41.4 Å². The number of H-pyrrole nitrogens is 1. The maximum atomic E-state index is 12.2. The third kappa shape index (κ3) is 4.14. The van der Waals surface area contributed by atoms with Crippen molar-refractivity contribution in [1.82, 2.24) is 4.98 Å². The zero-order valence-electron chi connectivity index (χ0n) is 14.3. The van der Waals surface area contributed by atoms with E-state index in [-0.39, 0.29) is 11.9 Å². The van der Waals surface area contributed by atoms with Gasteiger partial charge in [0.15, 0.2) is 0 Å². The average molecular weight is 333 g/mol. The summed E-state index contributed by atoms with van der Waals surface area (Å²) in [7, 11) is 3.01. The number of aromatic nitrogens is 1. The number of fused-ring (bicyclic) bond motifs is 1. The number of carbonyl (C=O) groups excluding carboxylic acids is 2. The van der Waals surface area contributed by atoms with Crippen molar-refractivity contribution in [1.29, 1.82) is 0 Å². The molecule has 0 unspecified atom stereocenters. The van der Waals surface area contributed by atoms with Gasteiger partial charge < -0.3 is 19.2 Å². The molecule has 1 aromatic heterocycles. The number of ether oxygens (including phenoxy) is 3. The number of carbonyl (C=O) groups is 2. The van der Waals surface area contributed by atoms with Crippen LogP contribution >= 0.6 is 0 Å². The van der Waals surface area contributed by atoms with E-state index in [1.54, 1.807) is 14.0 Å². The number of nitrogens with one attached hydrogen (secondary N) is 1. The summed E-state index contributed by atoms with van der Waals surface area (Å²) in [6.45, 7) is 2.58. The van der Waals surface area contributed by atoms with Crippen molar-refractivity contribution in [3.8, 4) is 0 Å². The second-order valence-electron chi connectivity index (χ2n) is 5.44. The summed E-state index contributed by atoms with van der Waals surface area (Å²) in [5.41, 5.74) is 3.20. The summed E-state index contributed by atoms with van der Waals surface area (Å²) in [6.07, 6.45) is 1.49. The van der Waals surface area contributed by atoms with Crippen LogP contribution < -0.4 is 0 Å². The lowest BCUT2D eigenvalue weighted by atomic mass is 10.0. The molecule has 1 aromatic carbocycles. The van der Waals surface area contributed by atoms with Gasteiger partial charge in [-0.1, -0.05) is 6.07 Å². The molecule has 0 amide bonds. The van der Waals surface area contributed by atoms with Gasteiger partial charge >= 0.3 is 11.9 Å². The van der Waals surface area contributed by atoms with Crippen LogP contribution in [-0.2, 0) is 32.0 Å². The summed E-state index contributed by atoms with van der Waals surface area (Å²) in [6, 6.07) is 5.89. The van der Waals surface area contributed by atoms with E-state index >= 15 is 0 Å². The lowest BCUT2D eigenvalue weighted by molar-refractivity contribution is -0.140. The van der Waals surface area contributed by atoms with Crippen molar-refractivity contribution in [3.05, 3.63) is 35.0 Å².